The van der Waals surface area contributed by atoms with E-state index >= 15 is 0 Å². The molecule has 5 rings (SSSR count). The van der Waals surface area contributed by atoms with E-state index in [1.165, 1.54) is 9.99 Å². The second kappa shape index (κ2) is 7.91. The summed E-state index contributed by atoms with van der Waals surface area (Å²) in [6.45, 7) is 4.09. The highest BCUT2D eigenvalue weighted by Crippen LogP contribution is 2.28. The highest BCUT2D eigenvalue weighted by atomic mass is 32.2. The summed E-state index contributed by atoms with van der Waals surface area (Å²) in [5.41, 5.74) is 4.34. The first-order chi connectivity index (χ1) is 14.6. The Bertz CT molecular complexity index is 1110. The smallest absolute Gasteiger partial charge is 0.243 e. The van der Waals surface area contributed by atoms with E-state index < -0.39 is 10.0 Å². The van der Waals surface area contributed by atoms with Gasteiger partial charge in [0.15, 0.2) is 0 Å². The average molecular weight is 425 g/mol. The van der Waals surface area contributed by atoms with E-state index in [1.807, 2.05) is 18.2 Å². The van der Waals surface area contributed by atoms with Crippen LogP contribution < -0.4 is 4.90 Å². The van der Waals surface area contributed by atoms with E-state index in [4.69, 9.17) is 9.15 Å². The van der Waals surface area contributed by atoms with Crippen molar-refractivity contribution in [2.75, 3.05) is 37.7 Å². The molecular formula is C23H24N2O4S. The van der Waals surface area contributed by atoms with Gasteiger partial charge in [0.1, 0.15) is 5.76 Å². The highest BCUT2D eigenvalue weighted by molar-refractivity contribution is 7.89. The van der Waals surface area contributed by atoms with Gasteiger partial charge in [-0.1, -0.05) is 24.3 Å². The fourth-order valence-electron chi connectivity index (χ4n) is 4.07. The molecule has 0 radical (unpaired) electrons. The number of nitrogens with zero attached hydrogens (tertiary/aromatic N) is 2. The minimum absolute atomic E-state index is 0.287. The van der Waals surface area contributed by atoms with Crippen LogP contribution in [0.15, 0.2) is 70.2 Å². The van der Waals surface area contributed by atoms with E-state index in [1.54, 1.807) is 18.4 Å². The average Bonchev–Trinajstić information content (AvgIpc) is 3.28. The summed E-state index contributed by atoms with van der Waals surface area (Å²) in [6.07, 6.45) is 2.30. The molecule has 7 heteroatoms. The lowest BCUT2D eigenvalue weighted by atomic mass is 10.1. The fraction of sp³-hybridized carbons (Fsp3) is 0.304. The van der Waals surface area contributed by atoms with Crippen LogP contribution in [0.3, 0.4) is 0 Å². The molecule has 0 atom stereocenters. The molecule has 30 heavy (non-hydrogen) atoms. The molecular weight excluding hydrogens is 400 g/mol. The van der Waals surface area contributed by atoms with Crippen molar-refractivity contribution in [1.82, 2.24) is 4.31 Å². The van der Waals surface area contributed by atoms with Gasteiger partial charge >= 0.3 is 0 Å². The minimum Gasteiger partial charge on any atom is -0.468 e. The highest BCUT2D eigenvalue weighted by Gasteiger charge is 2.29. The zero-order valence-electron chi connectivity index (χ0n) is 16.7. The molecule has 2 aromatic carbocycles. The second-order valence-corrected chi connectivity index (χ2v) is 9.57. The standard InChI is InChI=1S/C23H24N2O4S/c26-30(27,25-11-9-20-10-14-29-23(20)17-25)22-7-3-19(4-8-22)18-1-5-21(6-2-18)24-12-15-28-16-13-24/h1-8,10,14H,9,11-13,15-17H2. The fourth-order valence-corrected chi connectivity index (χ4v) is 5.47. The molecule has 1 saturated heterocycles. The number of sulfonamides is 1. The topological polar surface area (TPSA) is 63.0 Å². The van der Waals surface area contributed by atoms with Crippen LogP contribution in [0.2, 0.25) is 0 Å². The van der Waals surface area contributed by atoms with Crippen LogP contribution in [0.5, 0.6) is 0 Å². The first kappa shape index (κ1) is 19.4. The van der Waals surface area contributed by atoms with E-state index in [-0.39, 0.29) is 6.54 Å². The van der Waals surface area contributed by atoms with Crippen molar-refractivity contribution in [2.45, 2.75) is 17.9 Å². The second-order valence-electron chi connectivity index (χ2n) is 7.63. The van der Waals surface area contributed by atoms with Crippen LogP contribution in [0.25, 0.3) is 11.1 Å². The Labute approximate surface area is 176 Å². The van der Waals surface area contributed by atoms with E-state index in [0.29, 0.717) is 17.9 Å². The van der Waals surface area contributed by atoms with Crippen LogP contribution in [-0.4, -0.2) is 45.6 Å². The maximum absolute atomic E-state index is 13.1. The minimum atomic E-state index is -3.55. The van der Waals surface area contributed by atoms with E-state index in [2.05, 4.69) is 29.2 Å². The number of ether oxygens (including phenoxy) is 1. The van der Waals surface area contributed by atoms with Gasteiger partial charge in [-0.3, -0.25) is 0 Å². The van der Waals surface area contributed by atoms with Crippen LogP contribution in [-0.2, 0) is 27.7 Å². The van der Waals surface area contributed by atoms with Gasteiger partial charge in [-0.05, 0) is 53.4 Å². The van der Waals surface area contributed by atoms with E-state index in [9.17, 15) is 8.42 Å². The lowest BCUT2D eigenvalue weighted by molar-refractivity contribution is 0.122. The summed E-state index contributed by atoms with van der Waals surface area (Å²) in [4.78, 5) is 2.62. The summed E-state index contributed by atoms with van der Waals surface area (Å²) in [5.74, 6) is 0.738. The first-order valence-corrected chi connectivity index (χ1v) is 11.6. The number of hydrogen-bond acceptors (Lipinski definition) is 5. The van der Waals surface area contributed by atoms with Gasteiger partial charge in [-0.15, -0.1) is 0 Å². The van der Waals surface area contributed by atoms with Crippen molar-refractivity contribution >= 4 is 15.7 Å². The Hall–Kier alpha value is -2.61. The largest absolute Gasteiger partial charge is 0.468 e. The molecule has 0 spiro atoms. The third-order valence-corrected chi connectivity index (χ3v) is 7.72. The van der Waals surface area contributed by atoms with Gasteiger partial charge in [-0.25, -0.2) is 8.42 Å². The van der Waals surface area contributed by atoms with E-state index in [0.717, 1.165) is 48.8 Å². The molecule has 0 unspecified atom stereocenters. The number of rotatable bonds is 4. The van der Waals surface area contributed by atoms with Crippen LogP contribution in [0.4, 0.5) is 5.69 Å². The molecule has 2 aliphatic heterocycles. The van der Waals surface area contributed by atoms with Gasteiger partial charge in [0, 0.05) is 25.3 Å². The number of morpholine rings is 1. The monoisotopic (exact) mass is 424 g/mol. The zero-order chi connectivity index (χ0) is 20.6. The normalized spacial score (nSPS) is 17.7. The predicted molar refractivity (Wildman–Crippen MR) is 115 cm³/mol. The van der Waals surface area contributed by atoms with Gasteiger partial charge in [-0.2, -0.15) is 4.31 Å². The third kappa shape index (κ3) is 3.64. The molecule has 0 N–H and O–H groups in total. The molecule has 2 aliphatic rings. The van der Waals surface area contributed by atoms with Gasteiger partial charge in [0.05, 0.1) is 30.9 Å². The molecule has 6 nitrogen and oxygen atoms in total. The zero-order valence-corrected chi connectivity index (χ0v) is 17.5. The van der Waals surface area contributed by atoms with Crippen molar-refractivity contribution in [3.8, 4) is 11.1 Å². The molecule has 0 amide bonds. The number of hydrogen-bond donors (Lipinski definition) is 0. The summed E-state index contributed by atoms with van der Waals surface area (Å²) in [7, 11) is -3.55. The molecule has 3 aromatic rings. The third-order valence-electron chi connectivity index (χ3n) is 5.86. The first-order valence-electron chi connectivity index (χ1n) is 10.2. The SMILES string of the molecule is O=S(=O)(c1ccc(-c2ccc(N3CCOCC3)cc2)cc1)N1CCc2ccoc2C1. The van der Waals surface area contributed by atoms with Gasteiger partial charge in [0.25, 0.3) is 0 Å². The number of furan rings is 1. The maximum atomic E-state index is 13.1. The molecule has 0 saturated carbocycles. The Balaban J connectivity index is 1.33. The lowest BCUT2D eigenvalue weighted by Gasteiger charge is -2.29. The maximum Gasteiger partial charge on any atom is 0.243 e. The van der Waals surface area contributed by atoms with Crippen LogP contribution in [0.1, 0.15) is 11.3 Å². The van der Waals surface area contributed by atoms with Crippen molar-refractivity contribution in [2.24, 2.45) is 0 Å². The number of benzene rings is 2. The summed E-state index contributed by atoms with van der Waals surface area (Å²) < 4.78 is 38.4. The molecule has 3 heterocycles. The molecule has 0 bridgehead atoms. The summed E-state index contributed by atoms with van der Waals surface area (Å²) in [6, 6.07) is 17.4. The Morgan fingerprint density at radius 3 is 2.17 bits per heavy atom. The number of fused-ring (bicyclic) bond motifs is 1. The van der Waals surface area contributed by atoms with Crippen molar-refractivity contribution in [3.05, 3.63) is 72.2 Å². The van der Waals surface area contributed by atoms with Crippen molar-refractivity contribution in [3.63, 3.8) is 0 Å². The summed E-state index contributed by atoms with van der Waals surface area (Å²) >= 11 is 0. The van der Waals surface area contributed by atoms with Crippen LogP contribution in [0, 0.1) is 0 Å². The lowest BCUT2D eigenvalue weighted by Crippen LogP contribution is -2.36. The van der Waals surface area contributed by atoms with Gasteiger partial charge in [0.2, 0.25) is 10.0 Å². The Morgan fingerprint density at radius 2 is 1.47 bits per heavy atom. The number of anilines is 1. The Kier molecular flexibility index (Phi) is 5.10. The summed E-state index contributed by atoms with van der Waals surface area (Å²) in [5, 5.41) is 0. The molecule has 1 fully saturated rings. The predicted octanol–water partition coefficient (Wildman–Crippen LogP) is 3.53. The molecule has 1 aromatic heterocycles. The molecule has 0 aliphatic carbocycles. The van der Waals surface area contributed by atoms with Crippen LogP contribution >= 0.6 is 0 Å². The Morgan fingerprint density at radius 1 is 0.800 bits per heavy atom. The quantitative estimate of drug-likeness (QED) is 0.641. The van der Waals surface area contributed by atoms with Gasteiger partial charge < -0.3 is 14.1 Å². The van der Waals surface area contributed by atoms with Crippen molar-refractivity contribution < 1.29 is 17.6 Å². The van der Waals surface area contributed by atoms with Crippen molar-refractivity contribution in [1.29, 1.82) is 0 Å². The molecule has 156 valence electrons.